The molecule has 1 fully saturated rings. The van der Waals surface area contributed by atoms with Crippen molar-refractivity contribution in [1.29, 1.82) is 0 Å². The van der Waals surface area contributed by atoms with Crippen LogP contribution < -0.4 is 0 Å². The fourth-order valence-electron chi connectivity index (χ4n) is 3.19. The first-order valence-electron chi connectivity index (χ1n) is 9.30. The van der Waals surface area contributed by atoms with Crippen LogP contribution in [0.1, 0.15) is 57.8 Å². The number of hydrogen-bond donors (Lipinski definition) is 2. The van der Waals surface area contributed by atoms with Crippen molar-refractivity contribution in [2.24, 2.45) is 0 Å². The molecule has 1 amide bonds. The molecule has 0 saturated carbocycles. The van der Waals surface area contributed by atoms with Crippen LogP contribution >= 0.6 is 0 Å². The van der Waals surface area contributed by atoms with Crippen LogP contribution in [0.5, 0.6) is 0 Å². The Morgan fingerprint density at radius 2 is 2.08 bits per heavy atom. The first kappa shape index (κ1) is 21.9. The summed E-state index contributed by atoms with van der Waals surface area (Å²) in [5.41, 5.74) is 0. The Kier molecular flexibility index (Phi) is 11.4. The molecule has 1 aliphatic heterocycles. The number of hydrogen-bond acceptors (Lipinski definition) is 5. The van der Waals surface area contributed by atoms with Gasteiger partial charge in [-0.1, -0.05) is 0 Å². The summed E-state index contributed by atoms with van der Waals surface area (Å²) in [7, 11) is 1.66. The molecule has 1 saturated heterocycles. The minimum atomic E-state index is -0.865. The van der Waals surface area contributed by atoms with Crippen LogP contribution in [-0.2, 0) is 19.1 Å². The third-order valence-corrected chi connectivity index (χ3v) is 4.56. The van der Waals surface area contributed by atoms with Gasteiger partial charge in [0.05, 0.1) is 19.1 Å². The van der Waals surface area contributed by atoms with Gasteiger partial charge < -0.3 is 24.6 Å². The number of aliphatic carboxylic acids is 1. The number of rotatable bonds is 14. The smallest absolute Gasteiger partial charge is 0.305 e. The number of carbonyl (C=O) groups excluding carboxylic acids is 1. The molecule has 0 spiro atoms. The molecule has 7 nitrogen and oxygen atoms in total. The predicted octanol–water partition coefficient (Wildman–Crippen LogP) is 1.82. The van der Waals surface area contributed by atoms with Gasteiger partial charge in [0, 0.05) is 39.3 Å². The minimum Gasteiger partial charge on any atom is -0.481 e. The maximum atomic E-state index is 12.2. The first-order valence-corrected chi connectivity index (χ1v) is 9.30. The highest BCUT2D eigenvalue weighted by atomic mass is 16.5. The van der Waals surface area contributed by atoms with E-state index in [1.165, 1.54) is 0 Å². The minimum absolute atomic E-state index is 0.00618. The molecule has 1 aliphatic rings. The van der Waals surface area contributed by atoms with Gasteiger partial charge in [0.1, 0.15) is 0 Å². The molecule has 0 aromatic rings. The molecular formula is C18H33NO6. The molecule has 0 radical (unpaired) electrons. The summed E-state index contributed by atoms with van der Waals surface area (Å²) in [6, 6.07) is 0.192. The van der Waals surface area contributed by atoms with E-state index >= 15 is 0 Å². The number of methoxy groups -OCH3 is 1. The number of amides is 1. The molecule has 1 heterocycles. The van der Waals surface area contributed by atoms with Crippen molar-refractivity contribution in [2.45, 2.75) is 69.9 Å². The quantitative estimate of drug-likeness (QED) is 0.459. The highest BCUT2D eigenvalue weighted by Gasteiger charge is 2.27. The van der Waals surface area contributed by atoms with E-state index in [0.29, 0.717) is 39.0 Å². The van der Waals surface area contributed by atoms with Gasteiger partial charge in [-0.05, 0) is 44.9 Å². The summed E-state index contributed by atoms with van der Waals surface area (Å²) >= 11 is 0. The molecule has 25 heavy (non-hydrogen) atoms. The molecule has 0 aliphatic carbocycles. The van der Waals surface area contributed by atoms with Gasteiger partial charge in [0.15, 0.2) is 0 Å². The van der Waals surface area contributed by atoms with Crippen LogP contribution in [0.2, 0.25) is 0 Å². The molecule has 2 atom stereocenters. The van der Waals surface area contributed by atoms with E-state index in [1.54, 1.807) is 7.11 Å². The summed E-state index contributed by atoms with van der Waals surface area (Å²) in [6.07, 6.45) is 5.95. The van der Waals surface area contributed by atoms with Crippen LogP contribution in [0, 0.1) is 0 Å². The van der Waals surface area contributed by atoms with Crippen molar-refractivity contribution in [3.8, 4) is 0 Å². The zero-order valence-electron chi connectivity index (χ0n) is 15.3. The molecule has 1 rings (SSSR count). The van der Waals surface area contributed by atoms with Gasteiger partial charge in [0.2, 0.25) is 5.91 Å². The van der Waals surface area contributed by atoms with Gasteiger partial charge in [-0.3, -0.25) is 9.59 Å². The van der Waals surface area contributed by atoms with Crippen molar-refractivity contribution >= 4 is 11.9 Å². The Morgan fingerprint density at radius 1 is 1.28 bits per heavy atom. The van der Waals surface area contributed by atoms with E-state index in [9.17, 15) is 14.7 Å². The molecule has 1 unspecified atom stereocenters. The summed E-state index contributed by atoms with van der Waals surface area (Å²) in [5.74, 6) is -0.689. The van der Waals surface area contributed by atoms with Crippen LogP contribution in [0.4, 0.5) is 0 Å². The highest BCUT2D eigenvalue weighted by molar-refractivity contribution is 5.77. The van der Waals surface area contributed by atoms with Crippen LogP contribution in [0.25, 0.3) is 0 Å². The lowest BCUT2D eigenvalue weighted by atomic mass is 9.95. The topological polar surface area (TPSA) is 96.3 Å². The van der Waals surface area contributed by atoms with E-state index in [1.807, 2.05) is 4.90 Å². The van der Waals surface area contributed by atoms with Gasteiger partial charge in [-0.15, -0.1) is 0 Å². The summed E-state index contributed by atoms with van der Waals surface area (Å²) < 4.78 is 10.3. The van der Waals surface area contributed by atoms with E-state index in [2.05, 4.69) is 0 Å². The number of ether oxygens (including phenoxy) is 2. The lowest BCUT2D eigenvalue weighted by molar-refractivity contribution is -0.138. The number of aliphatic hydroxyl groups excluding tert-OH is 1. The third kappa shape index (κ3) is 9.77. The molecular weight excluding hydrogens is 326 g/mol. The average molecular weight is 359 g/mol. The van der Waals surface area contributed by atoms with Crippen molar-refractivity contribution in [3.63, 3.8) is 0 Å². The second-order valence-corrected chi connectivity index (χ2v) is 6.61. The lowest BCUT2D eigenvalue weighted by Crippen LogP contribution is -2.44. The largest absolute Gasteiger partial charge is 0.481 e. The zero-order valence-corrected chi connectivity index (χ0v) is 15.3. The van der Waals surface area contributed by atoms with Crippen LogP contribution in [-0.4, -0.2) is 72.6 Å². The number of aliphatic hydroxyl groups is 1. The Balaban J connectivity index is 2.27. The Morgan fingerprint density at radius 3 is 2.80 bits per heavy atom. The van der Waals surface area contributed by atoms with E-state index in [0.717, 1.165) is 32.1 Å². The SMILES string of the molecule is COCCCC(O)CC[C@H]1CCCC(=O)N1CCCOCCC(=O)O. The maximum absolute atomic E-state index is 12.2. The Hall–Kier alpha value is -1.18. The van der Waals surface area contributed by atoms with Crippen molar-refractivity contribution in [3.05, 3.63) is 0 Å². The average Bonchev–Trinajstić information content (AvgIpc) is 2.57. The highest BCUT2D eigenvalue weighted by Crippen LogP contribution is 2.23. The second kappa shape index (κ2) is 13.1. The molecule has 146 valence electrons. The Labute approximate surface area is 150 Å². The normalized spacial score (nSPS) is 19.2. The van der Waals surface area contributed by atoms with Gasteiger partial charge in [-0.2, -0.15) is 0 Å². The second-order valence-electron chi connectivity index (χ2n) is 6.61. The van der Waals surface area contributed by atoms with Gasteiger partial charge in [0.25, 0.3) is 0 Å². The van der Waals surface area contributed by atoms with Gasteiger partial charge >= 0.3 is 5.97 Å². The van der Waals surface area contributed by atoms with Crippen molar-refractivity contribution in [1.82, 2.24) is 4.90 Å². The number of carboxylic acid groups (broad SMARTS) is 1. The number of carbonyl (C=O) groups is 2. The zero-order chi connectivity index (χ0) is 18.5. The summed E-state index contributed by atoms with van der Waals surface area (Å²) in [6.45, 7) is 1.97. The standard InChI is InChI=1S/C18H33NO6/c1-24-12-3-6-16(20)9-8-15-5-2-7-17(21)19(15)11-4-13-25-14-10-18(22)23/h15-16,20H,2-14H2,1H3,(H,22,23)/t15-,16?/m1/s1. The van der Waals surface area contributed by atoms with Crippen molar-refractivity contribution < 1.29 is 29.3 Å². The summed E-state index contributed by atoms with van der Waals surface area (Å²) in [5, 5.41) is 18.6. The number of likely N-dealkylation sites (tertiary alicyclic amines) is 1. The molecule has 2 N–H and O–H groups in total. The summed E-state index contributed by atoms with van der Waals surface area (Å²) in [4.78, 5) is 24.5. The molecule has 0 aromatic carbocycles. The first-order chi connectivity index (χ1) is 12.0. The number of carboxylic acids is 1. The van der Waals surface area contributed by atoms with E-state index in [4.69, 9.17) is 14.6 Å². The van der Waals surface area contributed by atoms with Gasteiger partial charge in [-0.25, -0.2) is 0 Å². The molecule has 7 heteroatoms. The van der Waals surface area contributed by atoms with Crippen molar-refractivity contribution in [2.75, 3.05) is 33.5 Å². The lowest BCUT2D eigenvalue weighted by Gasteiger charge is -2.36. The third-order valence-electron chi connectivity index (χ3n) is 4.56. The van der Waals surface area contributed by atoms with Crippen LogP contribution in [0.15, 0.2) is 0 Å². The van der Waals surface area contributed by atoms with E-state index in [-0.39, 0.29) is 31.1 Å². The molecule has 0 aromatic heterocycles. The molecule has 0 bridgehead atoms. The number of piperidine rings is 1. The number of nitrogens with zero attached hydrogens (tertiary/aromatic N) is 1. The maximum Gasteiger partial charge on any atom is 0.305 e. The van der Waals surface area contributed by atoms with Crippen LogP contribution in [0.3, 0.4) is 0 Å². The van der Waals surface area contributed by atoms with E-state index < -0.39 is 5.97 Å². The fourth-order valence-corrected chi connectivity index (χ4v) is 3.19. The fraction of sp³-hybridized carbons (Fsp3) is 0.889. The predicted molar refractivity (Wildman–Crippen MR) is 93.4 cm³/mol. The Bertz CT molecular complexity index is 390. The monoisotopic (exact) mass is 359 g/mol.